The van der Waals surface area contributed by atoms with Gasteiger partial charge in [0.15, 0.2) is 0 Å². The maximum Gasteiger partial charge on any atom is 0.255 e. The zero-order valence-electron chi connectivity index (χ0n) is 18.7. The molecule has 5 nitrogen and oxygen atoms in total. The van der Waals surface area contributed by atoms with Gasteiger partial charge in [0.05, 0.1) is 11.3 Å². The quantitative estimate of drug-likeness (QED) is 0.614. The molecule has 1 N–H and O–H groups in total. The molecule has 162 valence electrons. The summed E-state index contributed by atoms with van der Waals surface area (Å²) >= 11 is 0. The van der Waals surface area contributed by atoms with E-state index in [9.17, 15) is 4.79 Å². The highest BCUT2D eigenvalue weighted by Crippen LogP contribution is 2.25. The molecule has 1 atom stereocenters. The lowest BCUT2D eigenvalue weighted by molar-refractivity contribution is 0.0947. The van der Waals surface area contributed by atoms with Crippen LogP contribution in [0.15, 0.2) is 60.8 Å². The van der Waals surface area contributed by atoms with Gasteiger partial charge in [-0.25, -0.2) is 4.68 Å². The van der Waals surface area contributed by atoms with Gasteiger partial charge < -0.3 is 10.2 Å². The number of nitrogens with one attached hydrogen (secondary N) is 1. The van der Waals surface area contributed by atoms with E-state index in [0.717, 1.165) is 42.9 Å². The van der Waals surface area contributed by atoms with E-state index in [1.807, 2.05) is 36.5 Å². The van der Waals surface area contributed by atoms with Crippen molar-refractivity contribution in [2.24, 2.45) is 5.92 Å². The normalized spacial score (nSPS) is 16.7. The van der Waals surface area contributed by atoms with Gasteiger partial charge in [0, 0.05) is 30.9 Å². The summed E-state index contributed by atoms with van der Waals surface area (Å²) in [6, 6.07) is 18.8. The van der Waals surface area contributed by atoms with Crippen molar-refractivity contribution in [3.63, 3.8) is 0 Å². The Morgan fingerprint density at radius 2 is 1.87 bits per heavy atom. The maximum atomic E-state index is 13.2. The summed E-state index contributed by atoms with van der Waals surface area (Å²) in [5.41, 5.74) is 4.51. The Morgan fingerprint density at radius 3 is 2.52 bits per heavy atom. The van der Waals surface area contributed by atoms with Gasteiger partial charge in [-0.3, -0.25) is 4.79 Å². The molecule has 1 unspecified atom stereocenters. The molecule has 31 heavy (non-hydrogen) atoms. The molecule has 1 aliphatic heterocycles. The molecular weight excluding hydrogens is 384 g/mol. The topological polar surface area (TPSA) is 50.2 Å². The van der Waals surface area contributed by atoms with Crippen molar-refractivity contribution in [3.8, 4) is 16.9 Å². The fourth-order valence-corrected chi connectivity index (χ4v) is 4.20. The number of rotatable bonds is 7. The van der Waals surface area contributed by atoms with Gasteiger partial charge in [-0.2, -0.15) is 5.10 Å². The van der Waals surface area contributed by atoms with Gasteiger partial charge in [0.2, 0.25) is 0 Å². The molecule has 0 spiro atoms. The fourth-order valence-electron chi connectivity index (χ4n) is 4.20. The van der Waals surface area contributed by atoms with Gasteiger partial charge in [-0.15, -0.1) is 0 Å². The molecule has 1 aromatic heterocycles. The molecule has 0 saturated carbocycles. The van der Waals surface area contributed by atoms with Crippen LogP contribution in [0.1, 0.15) is 43.1 Å². The highest BCUT2D eigenvalue weighted by molar-refractivity contribution is 6.00. The van der Waals surface area contributed by atoms with Crippen LogP contribution in [0.3, 0.4) is 0 Å². The molecule has 0 radical (unpaired) electrons. The van der Waals surface area contributed by atoms with Gasteiger partial charge >= 0.3 is 0 Å². The van der Waals surface area contributed by atoms with E-state index < -0.39 is 0 Å². The molecule has 0 aliphatic carbocycles. The Bertz CT molecular complexity index is 1010. The van der Waals surface area contributed by atoms with Crippen LogP contribution < -0.4 is 5.32 Å². The van der Waals surface area contributed by atoms with Crippen molar-refractivity contribution >= 4 is 5.91 Å². The molecule has 0 bridgehead atoms. The summed E-state index contributed by atoms with van der Waals surface area (Å²) in [7, 11) is 0. The van der Waals surface area contributed by atoms with Crippen LogP contribution in [0.2, 0.25) is 0 Å². The standard InChI is InChI=1S/C26H32N4O/c1-4-20-10-12-22(13-11-20)25-24(18-30(28-25)23-8-6-5-7-9-23)26(31)27-16-21-14-15-29(17-21)19(2)3/h5-13,18-19,21H,4,14-17H2,1-3H3,(H,27,31). The minimum absolute atomic E-state index is 0.0558. The average Bonchev–Trinajstić information content (AvgIpc) is 3.46. The van der Waals surface area contributed by atoms with Crippen molar-refractivity contribution in [2.75, 3.05) is 19.6 Å². The van der Waals surface area contributed by atoms with Crippen LogP contribution >= 0.6 is 0 Å². The summed E-state index contributed by atoms with van der Waals surface area (Å²) in [5, 5.41) is 7.97. The maximum absolute atomic E-state index is 13.2. The summed E-state index contributed by atoms with van der Waals surface area (Å²) in [5.74, 6) is 0.447. The molecule has 1 amide bonds. The van der Waals surface area contributed by atoms with Crippen molar-refractivity contribution in [3.05, 3.63) is 71.9 Å². The minimum atomic E-state index is -0.0558. The fraction of sp³-hybridized carbons (Fsp3) is 0.385. The second-order valence-electron chi connectivity index (χ2n) is 8.68. The largest absolute Gasteiger partial charge is 0.352 e. The molecular formula is C26H32N4O. The van der Waals surface area contributed by atoms with Crippen molar-refractivity contribution in [2.45, 2.75) is 39.7 Å². The van der Waals surface area contributed by atoms with Crippen molar-refractivity contribution in [1.29, 1.82) is 0 Å². The van der Waals surface area contributed by atoms with Crippen LogP contribution in [-0.4, -0.2) is 46.3 Å². The smallest absolute Gasteiger partial charge is 0.255 e. The summed E-state index contributed by atoms with van der Waals surface area (Å²) < 4.78 is 1.80. The lowest BCUT2D eigenvalue weighted by atomic mass is 10.0. The first-order valence-electron chi connectivity index (χ1n) is 11.3. The summed E-state index contributed by atoms with van der Waals surface area (Å²) in [6.07, 6.45) is 3.97. The van der Waals surface area contributed by atoms with Gasteiger partial charge in [0.25, 0.3) is 5.91 Å². The van der Waals surface area contributed by atoms with E-state index in [2.05, 4.69) is 55.3 Å². The number of carbonyl (C=O) groups is 1. The SMILES string of the molecule is CCc1ccc(-c2nn(-c3ccccc3)cc2C(=O)NCC2CCN(C(C)C)C2)cc1. The van der Waals surface area contributed by atoms with Crippen LogP contribution in [0.4, 0.5) is 0 Å². The van der Waals surface area contributed by atoms with E-state index in [4.69, 9.17) is 5.10 Å². The molecule has 4 rings (SSSR count). The van der Waals surface area contributed by atoms with Crippen molar-refractivity contribution < 1.29 is 4.79 Å². The number of aromatic nitrogens is 2. The number of likely N-dealkylation sites (tertiary alicyclic amines) is 1. The first kappa shape index (κ1) is 21.3. The number of hydrogen-bond donors (Lipinski definition) is 1. The number of benzene rings is 2. The van der Waals surface area contributed by atoms with Gasteiger partial charge in [0.1, 0.15) is 5.69 Å². The average molecular weight is 417 g/mol. The van der Waals surface area contributed by atoms with Crippen molar-refractivity contribution in [1.82, 2.24) is 20.0 Å². The van der Waals surface area contributed by atoms with E-state index in [1.54, 1.807) is 4.68 Å². The summed E-state index contributed by atoms with van der Waals surface area (Å²) in [4.78, 5) is 15.7. The molecule has 3 aromatic rings. The van der Waals surface area contributed by atoms with E-state index in [0.29, 0.717) is 24.1 Å². The zero-order chi connectivity index (χ0) is 21.8. The molecule has 5 heteroatoms. The van der Waals surface area contributed by atoms with Gasteiger partial charge in [-0.1, -0.05) is 49.4 Å². The van der Waals surface area contributed by atoms with Crippen LogP contribution in [0, 0.1) is 5.92 Å². The number of aryl methyl sites for hydroxylation is 1. The predicted octanol–water partition coefficient (Wildman–Crippen LogP) is 4.56. The Morgan fingerprint density at radius 1 is 1.13 bits per heavy atom. The number of amides is 1. The number of nitrogens with zero attached hydrogens (tertiary/aromatic N) is 3. The number of para-hydroxylation sites is 1. The number of hydrogen-bond acceptors (Lipinski definition) is 3. The van der Waals surface area contributed by atoms with E-state index >= 15 is 0 Å². The zero-order valence-corrected chi connectivity index (χ0v) is 18.7. The third-order valence-corrected chi connectivity index (χ3v) is 6.21. The summed E-state index contributed by atoms with van der Waals surface area (Å²) in [6.45, 7) is 9.46. The third-order valence-electron chi connectivity index (χ3n) is 6.21. The second kappa shape index (κ2) is 9.48. The lowest BCUT2D eigenvalue weighted by Gasteiger charge is -2.20. The Hall–Kier alpha value is -2.92. The molecule has 1 saturated heterocycles. The molecule has 2 aromatic carbocycles. The predicted molar refractivity (Wildman–Crippen MR) is 126 cm³/mol. The Labute approximate surface area is 185 Å². The second-order valence-corrected chi connectivity index (χ2v) is 8.68. The molecule has 1 fully saturated rings. The van der Waals surface area contributed by atoms with E-state index in [-0.39, 0.29) is 5.91 Å². The van der Waals surface area contributed by atoms with E-state index in [1.165, 1.54) is 5.56 Å². The molecule has 2 heterocycles. The number of carbonyl (C=O) groups excluding carboxylic acids is 1. The third kappa shape index (κ3) is 4.88. The highest BCUT2D eigenvalue weighted by atomic mass is 16.1. The molecule has 1 aliphatic rings. The monoisotopic (exact) mass is 416 g/mol. The van der Waals surface area contributed by atoms with Crippen LogP contribution in [0.25, 0.3) is 16.9 Å². The first-order valence-corrected chi connectivity index (χ1v) is 11.3. The Kier molecular flexibility index (Phi) is 6.52. The lowest BCUT2D eigenvalue weighted by Crippen LogP contribution is -2.33. The van der Waals surface area contributed by atoms with Crippen LogP contribution in [-0.2, 0) is 6.42 Å². The minimum Gasteiger partial charge on any atom is -0.352 e. The first-order chi connectivity index (χ1) is 15.0. The Balaban J connectivity index is 1.57. The van der Waals surface area contributed by atoms with Crippen LogP contribution in [0.5, 0.6) is 0 Å². The highest BCUT2D eigenvalue weighted by Gasteiger charge is 2.25. The van der Waals surface area contributed by atoms with Gasteiger partial charge in [-0.05, 0) is 56.8 Å².